The summed E-state index contributed by atoms with van der Waals surface area (Å²) >= 11 is 0. The quantitative estimate of drug-likeness (QED) is 0.527. The molecule has 0 heterocycles. The minimum atomic E-state index is -3.64. The van der Waals surface area contributed by atoms with Crippen molar-refractivity contribution in [3.8, 4) is 0 Å². The monoisotopic (exact) mass is 288 g/mol. The Morgan fingerprint density at radius 1 is 1.05 bits per heavy atom. The van der Waals surface area contributed by atoms with Crippen LogP contribution in [0.4, 0.5) is 11.4 Å². The SMILES string of the molecule is Cc1ccc(NS(=O)(=O)c2ccc(N=[N+]=[N-])cc2)cc1. The molecule has 0 spiro atoms. The molecular weight excluding hydrogens is 276 g/mol. The van der Waals surface area contributed by atoms with Crippen LogP contribution in [0.15, 0.2) is 58.5 Å². The number of aryl methyl sites for hydroxylation is 1. The lowest BCUT2D eigenvalue weighted by molar-refractivity contribution is 0.601. The smallest absolute Gasteiger partial charge is 0.261 e. The van der Waals surface area contributed by atoms with Crippen molar-refractivity contribution in [3.63, 3.8) is 0 Å². The first kappa shape index (κ1) is 13.9. The third kappa shape index (κ3) is 3.28. The number of rotatable bonds is 4. The van der Waals surface area contributed by atoms with E-state index in [1.54, 1.807) is 12.1 Å². The van der Waals surface area contributed by atoms with Gasteiger partial charge in [-0.2, -0.15) is 0 Å². The second-order valence-corrected chi connectivity index (χ2v) is 5.84. The van der Waals surface area contributed by atoms with Gasteiger partial charge in [0, 0.05) is 16.3 Å². The number of nitrogens with one attached hydrogen (secondary N) is 1. The molecule has 0 aliphatic rings. The molecule has 2 aromatic rings. The van der Waals surface area contributed by atoms with E-state index in [2.05, 4.69) is 14.7 Å². The number of azide groups is 1. The number of anilines is 1. The van der Waals surface area contributed by atoms with Crippen LogP contribution in [0.25, 0.3) is 10.4 Å². The van der Waals surface area contributed by atoms with Gasteiger partial charge in [-0.15, -0.1) is 0 Å². The second-order valence-electron chi connectivity index (χ2n) is 4.15. The van der Waals surface area contributed by atoms with Gasteiger partial charge in [0.15, 0.2) is 0 Å². The second kappa shape index (κ2) is 5.64. The molecule has 2 rings (SSSR count). The highest BCUT2D eigenvalue weighted by Crippen LogP contribution is 2.19. The molecule has 0 aliphatic heterocycles. The molecule has 2 aromatic carbocycles. The highest BCUT2D eigenvalue weighted by Gasteiger charge is 2.13. The van der Waals surface area contributed by atoms with Gasteiger partial charge in [-0.05, 0) is 36.7 Å². The molecule has 0 unspecified atom stereocenters. The van der Waals surface area contributed by atoms with Crippen LogP contribution in [0.5, 0.6) is 0 Å². The van der Waals surface area contributed by atoms with Crippen LogP contribution >= 0.6 is 0 Å². The first-order valence-corrected chi connectivity index (χ1v) is 7.24. The Hall–Kier alpha value is -2.50. The van der Waals surface area contributed by atoms with Crippen LogP contribution in [0.1, 0.15) is 5.56 Å². The van der Waals surface area contributed by atoms with Crippen LogP contribution in [-0.2, 0) is 10.0 Å². The maximum absolute atomic E-state index is 12.1. The number of sulfonamides is 1. The van der Waals surface area contributed by atoms with E-state index in [0.717, 1.165) is 5.56 Å². The molecule has 0 saturated heterocycles. The molecule has 102 valence electrons. The molecule has 20 heavy (non-hydrogen) atoms. The Morgan fingerprint density at radius 3 is 2.20 bits per heavy atom. The van der Waals surface area contributed by atoms with Crippen molar-refractivity contribution in [1.29, 1.82) is 0 Å². The van der Waals surface area contributed by atoms with Crippen molar-refractivity contribution in [2.75, 3.05) is 4.72 Å². The summed E-state index contributed by atoms with van der Waals surface area (Å²) in [5.41, 5.74) is 10.2. The van der Waals surface area contributed by atoms with Crippen LogP contribution in [0.3, 0.4) is 0 Å². The van der Waals surface area contributed by atoms with Gasteiger partial charge >= 0.3 is 0 Å². The minimum Gasteiger partial charge on any atom is -0.280 e. The predicted octanol–water partition coefficient (Wildman–Crippen LogP) is 3.74. The van der Waals surface area contributed by atoms with Gasteiger partial charge in [0.05, 0.1) is 4.90 Å². The van der Waals surface area contributed by atoms with E-state index < -0.39 is 10.0 Å². The fraction of sp³-hybridized carbons (Fsp3) is 0.0769. The maximum Gasteiger partial charge on any atom is 0.261 e. The molecule has 0 bridgehead atoms. The zero-order valence-electron chi connectivity index (χ0n) is 10.7. The number of nitrogens with zero attached hydrogens (tertiary/aromatic N) is 3. The van der Waals surface area contributed by atoms with Gasteiger partial charge in [0.1, 0.15) is 0 Å². The summed E-state index contributed by atoms with van der Waals surface area (Å²) in [6, 6.07) is 12.7. The zero-order valence-corrected chi connectivity index (χ0v) is 11.5. The number of benzene rings is 2. The molecule has 6 nitrogen and oxygen atoms in total. The lowest BCUT2D eigenvalue weighted by Crippen LogP contribution is -2.12. The van der Waals surface area contributed by atoms with Gasteiger partial charge in [-0.3, -0.25) is 4.72 Å². The Kier molecular flexibility index (Phi) is 3.93. The van der Waals surface area contributed by atoms with Crippen molar-refractivity contribution in [2.45, 2.75) is 11.8 Å². The Morgan fingerprint density at radius 2 is 1.65 bits per heavy atom. The van der Waals surface area contributed by atoms with E-state index in [0.29, 0.717) is 11.4 Å². The summed E-state index contributed by atoms with van der Waals surface area (Å²) < 4.78 is 26.8. The van der Waals surface area contributed by atoms with Crippen molar-refractivity contribution in [1.82, 2.24) is 0 Å². The lowest BCUT2D eigenvalue weighted by Gasteiger charge is -2.08. The van der Waals surface area contributed by atoms with E-state index in [9.17, 15) is 8.42 Å². The van der Waals surface area contributed by atoms with E-state index in [1.807, 2.05) is 19.1 Å². The largest absolute Gasteiger partial charge is 0.280 e. The Balaban J connectivity index is 2.25. The topological polar surface area (TPSA) is 94.9 Å². The van der Waals surface area contributed by atoms with Crippen molar-refractivity contribution < 1.29 is 8.42 Å². The third-order valence-corrected chi connectivity index (χ3v) is 4.01. The molecular formula is C13H12N4O2S. The molecule has 0 radical (unpaired) electrons. The fourth-order valence-electron chi connectivity index (χ4n) is 1.58. The minimum absolute atomic E-state index is 0.106. The average Bonchev–Trinajstić information content (AvgIpc) is 2.42. The summed E-state index contributed by atoms with van der Waals surface area (Å²) in [5, 5.41) is 3.39. The van der Waals surface area contributed by atoms with Gasteiger partial charge in [0.25, 0.3) is 10.0 Å². The third-order valence-electron chi connectivity index (χ3n) is 2.61. The standard InChI is InChI=1S/C13H12N4O2S/c1-10-2-4-12(5-3-10)16-20(18,19)13-8-6-11(7-9-13)15-17-14/h2-9,16H,1H3. The van der Waals surface area contributed by atoms with Crippen molar-refractivity contribution in [3.05, 3.63) is 64.5 Å². The predicted molar refractivity (Wildman–Crippen MR) is 77.2 cm³/mol. The van der Waals surface area contributed by atoms with Crippen LogP contribution in [0.2, 0.25) is 0 Å². The number of hydrogen-bond donors (Lipinski definition) is 1. The Bertz CT molecular complexity index is 746. The molecule has 7 heteroatoms. The summed E-state index contributed by atoms with van der Waals surface area (Å²) in [6.07, 6.45) is 0. The fourth-order valence-corrected chi connectivity index (χ4v) is 2.64. The maximum atomic E-state index is 12.1. The van der Waals surface area contributed by atoms with E-state index in [4.69, 9.17) is 5.53 Å². The number of hydrogen-bond acceptors (Lipinski definition) is 3. The lowest BCUT2D eigenvalue weighted by atomic mass is 10.2. The zero-order chi connectivity index (χ0) is 14.6. The first-order valence-electron chi connectivity index (χ1n) is 5.76. The van der Waals surface area contributed by atoms with E-state index in [1.165, 1.54) is 24.3 Å². The van der Waals surface area contributed by atoms with Gasteiger partial charge in [0.2, 0.25) is 0 Å². The molecule has 0 aromatic heterocycles. The normalized spacial score (nSPS) is 10.7. The van der Waals surface area contributed by atoms with Gasteiger partial charge in [-0.1, -0.05) is 34.9 Å². The summed E-state index contributed by atoms with van der Waals surface area (Å²) in [4.78, 5) is 2.74. The van der Waals surface area contributed by atoms with Crippen molar-refractivity contribution >= 4 is 21.4 Å². The molecule has 0 aliphatic carbocycles. The highest BCUT2D eigenvalue weighted by molar-refractivity contribution is 7.92. The molecule has 0 fully saturated rings. The summed E-state index contributed by atoms with van der Waals surface area (Å²) in [7, 11) is -3.64. The van der Waals surface area contributed by atoms with E-state index >= 15 is 0 Å². The first-order chi connectivity index (χ1) is 9.51. The van der Waals surface area contributed by atoms with Gasteiger partial charge in [-0.25, -0.2) is 8.42 Å². The molecule has 0 amide bonds. The highest BCUT2D eigenvalue weighted by atomic mass is 32.2. The summed E-state index contributed by atoms with van der Waals surface area (Å²) in [6.45, 7) is 1.92. The van der Waals surface area contributed by atoms with Crippen LogP contribution in [0, 0.1) is 6.92 Å². The van der Waals surface area contributed by atoms with E-state index in [-0.39, 0.29) is 4.90 Å². The van der Waals surface area contributed by atoms with Crippen molar-refractivity contribution in [2.24, 2.45) is 5.11 Å². The summed E-state index contributed by atoms with van der Waals surface area (Å²) in [5.74, 6) is 0. The van der Waals surface area contributed by atoms with Crippen LogP contribution in [-0.4, -0.2) is 8.42 Å². The molecule has 0 atom stereocenters. The Labute approximate surface area is 116 Å². The molecule has 0 saturated carbocycles. The van der Waals surface area contributed by atoms with Crippen LogP contribution < -0.4 is 4.72 Å². The average molecular weight is 288 g/mol. The molecule has 1 N–H and O–H groups in total. The van der Waals surface area contributed by atoms with Gasteiger partial charge < -0.3 is 0 Å².